The van der Waals surface area contributed by atoms with Gasteiger partial charge in [0.15, 0.2) is 5.69 Å². The van der Waals surface area contributed by atoms with Crippen LogP contribution in [0.4, 0.5) is 13.2 Å². The first-order chi connectivity index (χ1) is 12.6. The highest BCUT2D eigenvalue weighted by Gasteiger charge is 2.31. The fraction of sp³-hybridized carbons (Fsp3) is 0.200. The van der Waals surface area contributed by atoms with E-state index in [4.69, 9.17) is 11.6 Å². The molecule has 140 valence electrons. The van der Waals surface area contributed by atoms with Crippen LogP contribution < -0.4 is 0 Å². The van der Waals surface area contributed by atoms with Gasteiger partial charge in [-0.2, -0.15) is 13.2 Å². The number of fused-ring (bicyclic) bond motifs is 1. The summed E-state index contributed by atoms with van der Waals surface area (Å²) in [6.07, 6.45) is -4.54. The van der Waals surface area contributed by atoms with Gasteiger partial charge in [-0.3, -0.25) is 0 Å². The van der Waals surface area contributed by atoms with Crippen molar-refractivity contribution >= 4 is 28.5 Å². The van der Waals surface area contributed by atoms with Gasteiger partial charge >= 0.3 is 12.1 Å². The Bertz CT molecular complexity index is 1050. The number of benzene rings is 2. The van der Waals surface area contributed by atoms with Crippen molar-refractivity contribution < 1.29 is 23.1 Å². The summed E-state index contributed by atoms with van der Waals surface area (Å²) < 4.78 is 39.5. The number of carboxylic acids is 1. The van der Waals surface area contributed by atoms with E-state index >= 15 is 0 Å². The second-order valence-corrected chi connectivity index (χ2v) is 6.89. The van der Waals surface area contributed by atoms with E-state index in [1.165, 1.54) is 12.1 Å². The molecule has 27 heavy (non-hydrogen) atoms. The maximum Gasteiger partial charge on any atom is 0.416 e. The number of hydrogen-bond donors (Lipinski definition) is 1. The van der Waals surface area contributed by atoms with Gasteiger partial charge in [-0.15, -0.1) is 0 Å². The van der Waals surface area contributed by atoms with E-state index in [1.807, 2.05) is 13.8 Å². The fourth-order valence-electron chi connectivity index (χ4n) is 3.16. The zero-order chi connectivity index (χ0) is 19.9. The second-order valence-electron chi connectivity index (χ2n) is 6.45. The van der Waals surface area contributed by atoms with Gasteiger partial charge in [-0.05, 0) is 47.4 Å². The number of carbonyl (C=O) groups is 1. The zero-order valence-corrected chi connectivity index (χ0v) is 15.2. The molecule has 0 saturated heterocycles. The molecule has 0 spiro atoms. The molecule has 7 heteroatoms. The number of pyridine rings is 1. The van der Waals surface area contributed by atoms with Crippen molar-refractivity contribution in [3.63, 3.8) is 0 Å². The Balaban J connectivity index is 2.45. The van der Waals surface area contributed by atoms with Crippen molar-refractivity contribution in [1.29, 1.82) is 0 Å². The second kappa shape index (κ2) is 6.85. The summed E-state index contributed by atoms with van der Waals surface area (Å²) >= 11 is 6.09. The van der Waals surface area contributed by atoms with Gasteiger partial charge in [0.05, 0.1) is 11.1 Å². The normalized spacial score (nSPS) is 12.0. The standard InChI is InChI=1S/C20H15ClF3NO2/c1-10(2)16-14-9-13(21)6-7-15(14)25-18(19(26)27)17(16)11-4-3-5-12(8-11)20(22,23)24/h3-10H,1-2H3,(H,26,27). The van der Waals surface area contributed by atoms with Crippen LogP contribution >= 0.6 is 11.6 Å². The van der Waals surface area contributed by atoms with Crippen molar-refractivity contribution in [3.8, 4) is 11.1 Å². The van der Waals surface area contributed by atoms with Crippen LogP contribution in [0, 0.1) is 0 Å². The third-order valence-corrected chi connectivity index (χ3v) is 4.48. The third-order valence-electron chi connectivity index (χ3n) is 4.25. The number of alkyl halides is 3. The minimum atomic E-state index is -4.54. The summed E-state index contributed by atoms with van der Waals surface area (Å²) in [6, 6.07) is 9.47. The molecular weight excluding hydrogens is 379 g/mol. The van der Waals surface area contributed by atoms with Gasteiger partial charge in [0.25, 0.3) is 0 Å². The summed E-state index contributed by atoms with van der Waals surface area (Å²) in [5, 5.41) is 10.7. The maximum absolute atomic E-state index is 13.2. The van der Waals surface area contributed by atoms with E-state index in [1.54, 1.807) is 18.2 Å². The molecule has 1 heterocycles. The van der Waals surface area contributed by atoms with E-state index in [0.717, 1.165) is 12.1 Å². The molecular formula is C20H15ClF3NO2. The summed E-state index contributed by atoms with van der Waals surface area (Å²) in [4.78, 5) is 16.0. The number of rotatable bonds is 3. The Kier molecular flexibility index (Phi) is 4.86. The maximum atomic E-state index is 13.2. The number of hydrogen-bond acceptors (Lipinski definition) is 2. The molecule has 1 aromatic heterocycles. The van der Waals surface area contributed by atoms with Gasteiger partial charge in [0, 0.05) is 16.0 Å². The van der Waals surface area contributed by atoms with E-state index in [2.05, 4.69) is 4.98 Å². The zero-order valence-electron chi connectivity index (χ0n) is 14.4. The number of aromatic carboxylic acids is 1. The first-order valence-electron chi connectivity index (χ1n) is 8.13. The average molecular weight is 394 g/mol. The van der Waals surface area contributed by atoms with Crippen molar-refractivity contribution in [1.82, 2.24) is 4.98 Å². The number of aromatic nitrogens is 1. The summed E-state index contributed by atoms with van der Waals surface area (Å²) in [5.74, 6) is -1.47. The number of carboxylic acid groups (broad SMARTS) is 1. The minimum Gasteiger partial charge on any atom is -0.476 e. The molecule has 0 fully saturated rings. The highest BCUT2D eigenvalue weighted by molar-refractivity contribution is 6.31. The Hall–Kier alpha value is -2.60. The molecule has 0 atom stereocenters. The van der Waals surface area contributed by atoms with Crippen LogP contribution in [-0.2, 0) is 6.18 Å². The van der Waals surface area contributed by atoms with Gasteiger partial charge in [0.1, 0.15) is 0 Å². The van der Waals surface area contributed by atoms with Crippen LogP contribution in [0.15, 0.2) is 42.5 Å². The Morgan fingerprint density at radius 2 is 1.85 bits per heavy atom. The van der Waals surface area contributed by atoms with Crippen LogP contribution in [-0.4, -0.2) is 16.1 Å². The van der Waals surface area contributed by atoms with E-state index in [0.29, 0.717) is 21.5 Å². The van der Waals surface area contributed by atoms with Crippen molar-refractivity contribution in [2.24, 2.45) is 0 Å². The first-order valence-corrected chi connectivity index (χ1v) is 8.51. The predicted molar refractivity (Wildman–Crippen MR) is 98.2 cm³/mol. The van der Waals surface area contributed by atoms with Crippen LogP contribution in [0.3, 0.4) is 0 Å². The number of nitrogens with zero attached hydrogens (tertiary/aromatic N) is 1. The number of halogens is 4. The summed E-state index contributed by atoms with van der Waals surface area (Å²) in [5.41, 5.74) is 0.221. The monoisotopic (exact) mass is 393 g/mol. The quantitative estimate of drug-likeness (QED) is 0.560. The molecule has 3 aromatic rings. The van der Waals surface area contributed by atoms with Crippen molar-refractivity contribution in [2.75, 3.05) is 0 Å². The van der Waals surface area contributed by atoms with Crippen molar-refractivity contribution in [2.45, 2.75) is 25.9 Å². The minimum absolute atomic E-state index is 0.153. The van der Waals surface area contributed by atoms with Gasteiger partial charge in [0.2, 0.25) is 0 Å². The Morgan fingerprint density at radius 3 is 2.44 bits per heavy atom. The predicted octanol–water partition coefficient (Wildman–Crippen LogP) is 6.40. The summed E-state index contributed by atoms with van der Waals surface area (Å²) in [6.45, 7) is 3.69. The molecule has 0 radical (unpaired) electrons. The molecule has 0 saturated carbocycles. The molecule has 0 amide bonds. The molecule has 1 N–H and O–H groups in total. The van der Waals surface area contributed by atoms with Gasteiger partial charge < -0.3 is 5.11 Å². The van der Waals surface area contributed by atoms with Crippen LogP contribution in [0.25, 0.3) is 22.0 Å². The molecule has 0 unspecified atom stereocenters. The van der Waals surface area contributed by atoms with E-state index in [-0.39, 0.29) is 22.7 Å². The highest BCUT2D eigenvalue weighted by atomic mass is 35.5. The van der Waals surface area contributed by atoms with E-state index < -0.39 is 17.7 Å². The third kappa shape index (κ3) is 3.62. The van der Waals surface area contributed by atoms with Gasteiger partial charge in [-0.25, -0.2) is 9.78 Å². The molecule has 0 aliphatic carbocycles. The lowest BCUT2D eigenvalue weighted by molar-refractivity contribution is -0.137. The highest BCUT2D eigenvalue weighted by Crippen LogP contribution is 2.39. The van der Waals surface area contributed by atoms with Crippen LogP contribution in [0.5, 0.6) is 0 Å². The SMILES string of the molecule is CC(C)c1c(-c2cccc(C(F)(F)F)c2)c(C(=O)O)nc2ccc(Cl)cc12. The van der Waals surface area contributed by atoms with Crippen LogP contribution in [0.2, 0.25) is 5.02 Å². The molecule has 3 nitrogen and oxygen atoms in total. The lowest BCUT2D eigenvalue weighted by Crippen LogP contribution is -2.10. The van der Waals surface area contributed by atoms with E-state index in [9.17, 15) is 23.1 Å². The molecule has 0 aliphatic rings. The lowest BCUT2D eigenvalue weighted by Gasteiger charge is -2.19. The van der Waals surface area contributed by atoms with Gasteiger partial charge in [-0.1, -0.05) is 37.6 Å². The molecule has 0 bridgehead atoms. The topological polar surface area (TPSA) is 50.2 Å². The molecule has 3 rings (SSSR count). The lowest BCUT2D eigenvalue weighted by atomic mass is 9.87. The fourth-order valence-corrected chi connectivity index (χ4v) is 3.33. The Morgan fingerprint density at radius 1 is 1.15 bits per heavy atom. The largest absolute Gasteiger partial charge is 0.476 e. The summed E-state index contributed by atoms with van der Waals surface area (Å²) in [7, 11) is 0. The Labute approximate surface area is 158 Å². The van der Waals surface area contributed by atoms with Crippen molar-refractivity contribution in [3.05, 3.63) is 64.3 Å². The molecule has 0 aliphatic heterocycles. The first kappa shape index (κ1) is 19.2. The van der Waals surface area contributed by atoms with Crippen LogP contribution in [0.1, 0.15) is 41.4 Å². The average Bonchev–Trinajstić information content (AvgIpc) is 2.59. The smallest absolute Gasteiger partial charge is 0.416 e. The molecule has 2 aromatic carbocycles.